The van der Waals surface area contributed by atoms with Gasteiger partial charge in [-0.1, -0.05) is 13.8 Å². The maximum atomic E-state index is 12.1. The average molecular weight is 358 g/mol. The van der Waals surface area contributed by atoms with Crippen molar-refractivity contribution >= 4 is 18.0 Å². The zero-order chi connectivity index (χ0) is 18.8. The summed E-state index contributed by atoms with van der Waals surface area (Å²) >= 11 is 0. The molecule has 25 heavy (non-hydrogen) atoms. The number of rotatable bonds is 8. The summed E-state index contributed by atoms with van der Waals surface area (Å²) in [5, 5.41) is 0. The molecule has 1 heterocycles. The van der Waals surface area contributed by atoms with Crippen LogP contribution in [0.15, 0.2) is 0 Å². The molecule has 1 aliphatic heterocycles. The Morgan fingerprint density at radius 1 is 0.960 bits per heavy atom. The maximum absolute atomic E-state index is 12.1. The van der Waals surface area contributed by atoms with E-state index in [1.807, 2.05) is 0 Å². The second-order valence-electron chi connectivity index (χ2n) is 6.37. The third-order valence-electron chi connectivity index (χ3n) is 3.89. The Morgan fingerprint density at radius 2 is 1.56 bits per heavy atom. The van der Waals surface area contributed by atoms with Crippen molar-refractivity contribution in [2.75, 3.05) is 46.0 Å². The molecule has 8 heteroatoms. The minimum Gasteiger partial charge on any atom is -0.454 e. The first kappa shape index (κ1) is 21.2. The number of nitrogens with zero attached hydrogens (tertiary/aromatic N) is 2. The van der Waals surface area contributed by atoms with Crippen LogP contribution in [0.25, 0.3) is 0 Å². The molecule has 1 fully saturated rings. The molecular weight excluding hydrogens is 328 g/mol. The van der Waals surface area contributed by atoms with E-state index in [1.54, 1.807) is 23.6 Å². The first-order valence-electron chi connectivity index (χ1n) is 8.82. The van der Waals surface area contributed by atoms with E-state index in [4.69, 9.17) is 14.2 Å². The Kier molecular flexibility index (Phi) is 9.26. The predicted octanol–water partition coefficient (Wildman–Crippen LogP) is 1.28. The Bertz CT molecular complexity index is 446. The minimum absolute atomic E-state index is 0.272. The van der Waals surface area contributed by atoms with Crippen LogP contribution in [-0.2, 0) is 23.8 Å². The van der Waals surface area contributed by atoms with E-state index in [0.29, 0.717) is 45.3 Å². The van der Waals surface area contributed by atoms with Crippen LogP contribution in [-0.4, -0.2) is 79.9 Å². The largest absolute Gasteiger partial charge is 0.454 e. The lowest BCUT2D eigenvalue weighted by molar-refractivity contribution is -0.161. The highest BCUT2D eigenvalue weighted by Crippen LogP contribution is 2.06. The second kappa shape index (κ2) is 10.9. The fourth-order valence-corrected chi connectivity index (χ4v) is 2.24. The highest BCUT2D eigenvalue weighted by Gasteiger charge is 2.26. The third kappa shape index (κ3) is 7.72. The molecule has 144 valence electrons. The Hall–Kier alpha value is -1.83. The average Bonchev–Trinajstić information content (AvgIpc) is 2.59. The molecule has 0 aromatic heterocycles. The molecule has 1 aliphatic rings. The van der Waals surface area contributed by atoms with E-state index in [0.717, 1.165) is 6.42 Å². The predicted molar refractivity (Wildman–Crippen MR) is 91.0 cm³/mol. The van der Waals surface area contributed by atoms with Crippen molar-refractivity contribution in [3.05, 3.63) is 0 Å². The summed E-state index contributed by atoms with van der Waals surface area (Å²) in [6, 6.07) is 0. The summed E-state index contributed by atoms with van der Waals surface area (Å²) in [6.07, 6.45) is -0.193. The van der Waals surface area contributed by atoms with Gasteiger partial charge in [0.25, 0.3) is 5.91 Å². The van der Waals surface area contributed by atoms with Crippen LogP contribution < -0.4 is 0 Å². The molecule has 0 saturated carbocycles. The fourth-order valence-electron chi connectivity index (χ4n) is 2.24. The topological polar surface area (TPSA) is 85.4 Å². The van der Waals surface area contributed by atoms with Gasteiger partial charge in [0.1, 0.15) is 0 Å². The lowest BCUT2D eigenvalue weighted by Gasteiger charge is -2.33. The molecule has 0 bridgehead atoms. The minimum atomic E-state index is -0.688. The Balaban J connectivity index is 2.26. The first-order valence-corrected chi connectivity index (χ1v) is 8.82. The molecule has 8 nitrogen and oxygen atoms in total. The van der Waals surface area contributed by atoms with Crippen molar-refractivity contribution in [3.63, 3.8) is 0 Å². The number of ether oxygens (including phenoxy) is 3. The maximum Gasteiger partial charge on any atom is 0.409 e. The van der Waals surface area contributed by atoms with Gasteiger partial charge in [-0.05, 0) is 26.2 Å². The van der Waals surface area contributed by atoms with Crippen molar-refractivity contribution < 1.29 is 28.6 Å². The third-order valence-corrected chi connectivity index (χ3v) is 3.89. The van der Waals surface area contributed by atoms with Crippen LogP contribution in [0.3, 0.4) is 0 Å². The van der Waals surface area contributed by atoms with Gasteiger partial charge in [0.15, 0.2) is 12.7 Å². The standard InChI is InChI=1S/C17H30N2O6/c1-5-23-17(22)19-9-7-18(8-10-19)15(20)12-25-16(21)14(4)24-11-6-13(2)3/h13-14H,5-12H2,1-4H3. The van der Waals surface area contributed by atoms with Crippen molar-refractivity contribution in [2.24, 2.45) is 5.92 Å². The van der Waals surface area contributed by atoms with Crippen molar-refractivity contribution in [1.82, 2.24) is 9.80 Å². The van der Waals surface area contributed by atoms with Crippen molar-refractivity contribution in [3.8, 4) is 0 Å². The van der Waals surface area contributed by atoms with Gasteiger partial charge >= 0.3 is 12.1 Å². The summed E-state index contributed by atoms with van der Waals surface area (Å²) in [4.78, 5) is 38.7. The lowest BCUT2D eigenvalue weighted by Crippen LogP contribution is -2.51. The van der Waals surface area contributed by atoms with E-state index in [1.165, 1.54) is 0 Å². The highest BCUT2D eigenvalue weighted by atomic mass is 16.6. The summed E-state index contributed by atoms with van der Waals surface area (Å²) in [5.41, 5.74) is 0. The van der Waals surface area contributed by atoms with Crippen LogP contribution in [0.5, 0.6) is 0 Å². The highest BCUT2D eigenvalue weighted by molar-refractivity contribution is 5.82. The number of amides is 2. The summed E-state index contributed by atoms with van der Waals surface area (Å²) < 4.78 is 15.4. The van der Waals surface area contributed by atoms with E-state index in [2.05, 4.69) is 13.8 Å². The number of carbonyl (C=O) groups is 3. The van der Waals surface area contributed by atoms with Crippen molar-refractivity contribution in [1.29, 1.82) is 0 Å². The van der Waals surface area contributed by atoms with Gasteiger partial charge in [-0.25, -0.2) is 9.59 Å². The van der Waals surface area contributed by atoms with Crippen LogP contribution in [0, 0.1) is 5.92 Å². The second-order valence-corrected chi connectivity index (χ2v) is 6.37. The Labute approximate surface area is 149 Å². The summed E-state index contributed by atoms with van der Waals surface area (Å²) in [7, 11) is 0. The number of hydrogen-bond acceptors (Lipinski definition) is 6. The molecule has 1 rings (SSSR count). The van der Waals surface area contributed by atoms with Gasteiger partial charge in [0, 0.05) is 32.8 Å². The molecule has 1 atom stereocenters. The van der Waals surface area contributed by atoms with E-state index in [-0.39, 0.29) is 18.6 Å². The van der Waals surface area contributed by atoms with E-state index < -0.39 is 12.1 Å². The van der Waals surface area contributed by atoms with E-state index in [9.17, 15) is 14.4 Å². The molecule has 1 unspecified atom stereocenters. The fraction of sp³-hybridized carbons (Fsp3) is 0.824. The summed E-state index contributed by atoms with van der Waals surface area (Å²) in [5.74, 6) is -0.313. The number of hydrogen-bond donors (Lipinski definition) is 0. The van der Waals surface area contributed by atoms with Crippen LogP contribution in [0.4, 0.5) is 4.79 Å². The Morgan fingerprint density at radius 3 is 2.12 bits per heavy atom. The quantitative estimate of drug-likeness (QED) is 0.608. The molecule has 0 aromatic carbocycles. The molecule has 0 radical (unpaired) electrons. The smallest absolute Gasteiger partial charge is 0.409 e. The molecule has 0 spiro atoms. The van der Waals surface area contributed by atoms with Gasteiger partial charge in [-0.3, -0.25) is 4.79 Å². The molecule has 2 amide bonds. The summed E-state index contributed by atoms with van der Waals surface area (Å²) in [6.45, 7) is 9.63. The SMILES string of the molecule is CCOC(=O)N1CCN(C(=O)COC(=O)C(C)OCCC(C)C)CC1. The van der Waals surface area contributed by atoms with Crippen LogP contribution in [0.1, 0.15) is 34.1 Å². The normalized spacial score (nSPS) is 15.9. The number of carbonyl (C=O) groups excluding carboxylic acids is 3. The van der Waals surface area contributed by atoms with Crippen LogP contribution >= 0.6 is 0 Å². The van der Waals surface area contributed by atoms with Gasteiger partial charge < -0.3 is 24.0 Å². The zero-order valence-electron chi connectivity index (χ0n) is 15.7. The monoisotopic (exact) mass is 358 g/mol. The van der Waals surface area contributed by atoms with E-state index >= 15 is 0 Å². The molecule has 0 aliphatic carbocycles. The van der Waals surface area contributed by atoms with Gasteiger partial charge in [0.05, 0.1) is 6.61 Å². The van der Waals surface area contributed by atoms with Crippen molar-refractivity contribution in [2.45, 2.75) is 40.2 Å². The molecule has 0 N–H and O–H groups in total. The van der Waals surface area contributed by atoms with Gasteiger partial charge in [0.2, 0.25) is 0 Å². The lowest BCUT2D eigenvalue weighted by atomic mass is 10.1. The molecule has 1 saturated heterocycles. The number of piperazine rings is 1. The zero-order valence-corrected chi connectivity index (χ0v) is 15.7. The number of esters is 1. The molecular formula is C17H30N2O6. The van der Waals surface area contributed by atoms with Gasteiger partial charge in [-0.2, -0.15) is 0 Å². The van der Waals surface area contributed by atoms with Gasteiger partial charge in [-0.15, -0.1) is 0 Å². The van der Waals surface area contributed by atoms with Crippen LogP contribution in [0.2, 0.25) is 0 Å². The first-order chi connectivity index (χ1) is 11.8. The molecule has 0 aromatic rings.